The number of nitrogens with one attached hydrogen (secondary N) is 2. The SMILES string of the molecule is O=C(O)Cc1cc(Cl)c(Oc2ccc(NC(=O)c3cc4ccccc4[nH]3)cc2)cc1Cl. The van der Waals surface area contributed by atoms with Crippen molar-refractivity contribution in [3.8, 4) is 11.5 Å². The van der Waals surface area contributed by atoms with E-state index in [1.54, 1.807) is 30.3 Å². The fourth-order valence-electron chi connectivity index (χ4n) is 3.07. The number of amides is 1. The van der Waals surface area contributed by atoms with Gasteiger partial charge >= 0.3 is 5.97 Å². The molecular formula is C23H16Cl2N2O4. The number of benzene rings is 3. The van der Waals surface area contributed by atoms with Crippen molar-refractivity contribution in [2.24, 2.45) is 0 Å². The second kappa shape index (κ2) is 8.71. The number of hydrogen-bond acceptors (Lipinski definition) is 3. The Morgan fingerprint density at radius 1 is 0.968 bits per heavy atom. The fourth-order valence-corrected chi connectivity index (χ4v) is 3.52. The Morgan fingerprint density at radius 2 is 1.71 bits per heavy atom. The zero-order chi connectivity index (χ0) is 22.0. The fraction of sp³-hybridized carbons (Fsp3) is 0.0435. The number of aliphatic carboxylic acids is 1. The van der Waals surface area contributed by atoms with Gasteiger partial charge in [0, 0.05) is 27.7 Å². The first-order valence-electron chi connectivity index (χ1n) is 9.26. The highest BCUT2D eigenvalue weighted by atomic mass is 35.5. The second-order valence-electron chi connectivity index (χ2n) is 6.80. The van der Waals surface area contributed by atoms with Crippen LogP contribution >= 0.6 is 23.2 Å². The maximum atomic E-state index is 12.5. The first-order chi connectivity index (χ1) is 14.9. The van der Waals surface area contributed by atoms with Crippen LogP contribution in [0.15, 0.2) is 66.7 Å². The van der Waals surface area contributed by atoms with Crippen LogP contribution in [0.2, 0.25) is 10.0 Å². The number of anilines is 1. The molecule has 0 aliphatic carbocycles. The van der Waals surface area contributed by atoms with E-state index in [1.807, 2.05) is 24.3 Å². The highest BCUT2D eigenvalue weighted by Crippen LogP contribution is 2.35. The van der Waals surface area contributed by atoms with Gasteiger partial charge in [-0.15, -0.1) is 0 Å². The number of para-hydroxylation sites is 1. The summed E-state index contributed by atoms with van der Waals surface area (Å²) in [6.45, 7) is 0. The third kappa shape index (κ3) is 4.82. The van der Waals surface area contributed by atoms with Crippen molar-refractivity contribution in [1.82, 2.24) is 4.98 Å². The van der Waals surface area contributed by atoms with Crippen LogP contribution in [0.25, 0.3) is 10.9 Å². The predicted molar refractivity (Wildman–Crippen MR) is 121 cm³/mol. The van der Waals surface area contributed by atoms with E-state index in [2.05, 4.69) is 10.3 Å². The number of H-pyrrole nitrogens is 1. The smallest absolute Gasteiger partial charge is 0.307 e. The Balaban J connectivity index is 1.45. The van der Waals surface area contributed by atoms with Gasteiger partial charge in [0.05, 0.1) is 11.4 Å². The largest absolute Gasteiger partial charge is 0.481 e. The van der Waals surface area contributed by atoms with Gasteiger partial charge in [0.2, 0.25) is 0 Å². The molecule has 3 N–H and O–H groups in total. The molecule has 1 amide bonds. The average Bonchev–Trinajstić information content (AvgIpc) is 3.17. The molecule has 0 fully saturated rings. The van der Waals surface area contributed by atoms with Gasteiger partial charge in [-0.05, 0) is 48.0 Å². The minimum Gasteiger partial charge on any atom is -0.481 e. The molecule has 6 nitrogen and oxygen atoms in total. The Bertz CT molecular complexity index is 1250. The normalized spacial score (nSPS) is 10.8. The van der Waals surface area contributed by atoms with Gasteiger partial charge in [0.1, 0.15) is 17.2 Å². The summed E-state index contributed by atoms with van der Waals surface area (Å²) in [7, 11) is 0. The quantitative estimate of drug-likeness (QED) is 0.325. The molecule has 156 valence electrons. The maximum absolute atomic E-state index is 12.5. The van der Waals surface area contributed by atoms with E-state index >= 15 is 0 Å². The molecular weight excluding hydrogens is 439 g/mol. The molecule has 1 aromatic heterocycles. The Hall–Kier alpha value is -3.48. The topological polar surface area (TPSA) is 91.4 Å². The molecule has 0 bridgehead atoms. The number of carboxylic acids is 1. The zero-order valence-electron chi connectivity index (χ0n) is 16.0. The minimum absolute atomic E-state index is 0.233. The van der Waals surface area contributed by atoms with Crippen LogP contribution in [0.4, 0.5) is 5.69 Å². The first-order valence-corrected chi connectivity index (χ1v) is 10.0. The van der Waals surface area contributed by atoms with E-state index in [-0.39, 0.29) is 22.4 Å². The van der Waals surface area contributed by atoms with Crippen LogP contribution in [0.3, 0.4) is 0 Å². The molecule has 3 aromatic carbocycles. The van der Waals surface area contributed by atoms with Gasteiger partial charge in [0.25, 0.3) is 5.91 Å². The number of rotatable bonds is 6. The third-order valence-electron chi connectivity index (χ3n) is 4.56. The van der Waals surface area contributed by atoms with Crippen molar-refractivity contribution in [2.75, 3.05) is 5.32 Å². The van der Waals surface area contributed by atoms with Gasteiger partial charge in [-0.1, -0.05) is 41.4 Å². The van der Waals surface area contributed by atoms with Gasteiger partial charge < -0.3 is 20.1 Å². The predicted octanol–water partition coefficient (Wildman–Crippen LogP) is 6.15. The summed E-state index contributed by atoms with van der Waals surface area (Å²) in [5.74, 6) is -0.478. The Morgan fingerprint density at radius 3 is 2.42 bits per heavy atom. The van der Waals surface area contributed by atoms with Gasteiger partial charge in [-0.3, -0.25) is 9.59 Å². The van der Waals surface area contributed by atoms with Gasteiger partial charge in [-0.25, -0.2) is 0 Å². The first kappa shape index (κ1) is 20.8. The number of carbonyl (C=O) groups is 2. The lowest BCUT2D eigenvalue weighted by Crippen LogP contribution is -2.12. The summed E-state index contributed by atoms with van der Waals surface area (Å²) >= 11 is 12.3. The van der Waals surface area contributed by atoms with Crippen molar-refractivity contribution in [2.45, 2.75) is 6.42 Å². The van der Waals surface area contributed by atoms with E-state index < -0.39 is 5.97 Å². The standard InChI is InChI=1S/C23H16Cl2N2O4/c24-17-12-21(18(25)9-14(17)11-22(28)29)31-16-7-5-15(6-8-16)26-23(30)20-10-13-3-1-2-4-19(13)27-20/h1-10,12,27H,11H2,(H,26,30)(H,28,29). The molecule has 4 rings (SSSR count). The molecule has 0 atom stereocenters. The van der Waals surface area contributed by atoms with E-state index in [9.17, 15) is 9.59 Å². The average molecular weight is 455 g/mol. The van der Waals surface area contributed by atoms with Crippen LogP contribution < -0.4 is 10.1 Å². The van der Waals surface area contributed by atoms with Gasteiger partial charge in [-0.2, -0.15) is 0 Å². The lowest BCUT2D eigenvalue weighted by Gasteiger charge is -2.11. The molecule has 0 saturated carbocycles. The van der Waals surface area contributed by atoms with Crippen molar-refractivity contribution in [3.05, 3.63) is 88.0 Å². The molecule has 0 saturated heterocycles. The number of fused-ring (bicyclic) bond motifs is 1. The van der Waals surface area contributed by atoms with E-state index in [1.165, 1.54) is 12.1 Å². The third-order valence-corrected chi connectivity index (χ3v) is 5.20. The maximum Gasteiger partial charge on any atom is 0.307 e. The highest BCUT2D eigenvalue weighted by Gasteiger charge is 2.13. The Kier molecular flexibility index (Phi) is 5.84. The molecule has 8 heteroatoms. The molecule has 0 aliphatic rings. The van der Waals surface area contributed by atoms with E-state index in [0.29, 0.717) is 28.4 Å². The number of halogens is 2. The Labute approximate surface area is 187 Å². The number of aromatic amines is 1. The van der Waals surface area contributed by atoms with Crippen molar-refractivity contribution < 1.29 is 19.4 Å². The summed E-state index contributed by atoms with van der Waals surface area (Å²) in [6, 6.07) is 19.1. The molecule has 1 heterocycles. The van der Waals surface area contributed by atoms with Crippen molar-refractivity contribution in [3.63, 3.8) is 0 Å². The summed E-state index contributed by atoms with van der Waals surface area (Å²) in [4.78, 5) is 26.5. The van der Waals surface area contributed by atoms with Crippen LogP contribution in [-0.2, 0) is 11.2 Å². The lowest BCUT2D eigenvalue weighted by molar-refractivity contribution is -0.136. The van der Waals surface area contributed by atoms with Gasteiger partial charge in [0.15, 0.2) is 0 Å². The van der Waals surface area contributed by atoms with Crippen LogP contribution in [0.1, 0.15) is 16.1 Å². The molecule has 31 heavy (non-hydrogen) atoms. The van der Waals surface area contributed by atoms with Crippen molar-refractivity contribution in [1.29, 1.82) is 0 Å². The number of carbonyl (C=O) groups excluding carboxylic acids is 1. The summed E-state index contributed by atoms with van der Waals surface area (Å²) in [6.07, 6.45) is -0.233. The van der Waals surface area contributed by atoms with Crippen LogP contribution in [0, 0.1) is 0 Å². The van der Waals surface area contributed by atoms with Crippen LogP contribution in [0.5, 0.6) is 11.5 Å². The molecule has 0 radical (unpaired) electrons. The molecule has 0 spiro atoms. The number of aromatic nitrogens is 1. The van der Waals surface area contributed by atoms with E-state index in [4.69, 9.17) is 33.0 Å². The molecule has 0 unspecified atom stereocenters. The summed E-state index contributed by atoms with van der Waals surface area (Å²) < 4.78 is 5.75. The summed E-state index contributed by atoms with van der Waals surface area (Å²) in [5, 5.41) is 13.2. The number of hydrogen-bond donors (Lipinski definition) is 3. The molecule has 4 aromatic rings. The summed E-state index contributed by atoms with van der Waals surface area (Å²) in [5.41, 5.74) is 2.35. The highest BCUT2D eigenvalue weighted by molar-refractivity contribution is 6.34. The second-order valence-corrected chi connectivity index (χ2v) is 7.61. The lowest BCUT2D eigenvalue weighted by atomic mass is 10.1. The van der Waals surface area contributed by atoms with E-state index in [0.717, 1.165) is 10.9 Å². The zero-order valence-corrected chi connectivity index (χ0v) is 17.5. The van der Waals surface area contributed by atoms with Crippen LogP contribution in [-0.4, -0.2) is 22.0 Å². The van der Waals surface area contributed by atoms with Crippen molar-refractivity contribution >= 4 is 51.7 Å². The molecule has 0 aliphatic heterocycles. The monoisotopic (exact) mass is 454 g/mol. The minimum atomic E-state index is -1.00. The number of ether oxygens (including phenoxy) is 1. The number of carboxylic acid groups (broad SMARTS) is 1.